The number of piperidine rings is 1. The van der Waals surface area contributed by atoms with Crippen molar-refractivity contribution in [3.8, 4) is 0 Å². The SMILES string of the molecule is CCOC(=O)[C@H]1CCC[NH+]([C@H](C)C(=O)Nc2cc(Cl)c(Cl)cc2Cl)C1. The van der Waals surface area contributed by atoms with Gasteiger partial charge in [0.25, 0.3) is 5.91 Å². The molecule has 0 spiro atoms. The molecule has 0 saturated carbocycles. The van der Waals surface area contributed by atoms with Gasteiger partial charge in [-0.25, -0.2) is 0 Å². The van der Waals surface area contributed by atoms with Gasteiger partial charge in [0.15, 0.2) is 6.04 Å². The minimum atomic E-state index is -0.331. The number of amides is 1. The number of benzene rings is 1. The number of anilines is 1. The van der Waals surface area contributed by atoms with E-state index in [1.54, 1.807) is 6.92 Å². The van der Waals surface area contributed by atoms with E-state index in [1.807, 2.05) is 6.92 Å². The molecule has 1 aliphatic heterocycles. The van der Waals surface area contributed by atoms with E-state index < -0.39 is 0 Å². The molecular weight excluding hydrogens is 387 g/mol. The fraction of sp³-hybridized carbons (Fsp3) is 0.529. The van der Waals surface area contributed by atoms with Gasteiger partial charge in [-0.2, -0.15) is 0 Å². The summed E-state index contributed by atoms with van der Waals surface area (Å²) in [4.78, 5) is 25.6. The van der Waals surface area contributed by atoms with Gasteiger partial charge in [-0.15, -0.1) is 0 Å². The molecule has 0 radical (unpaired) electrons. The van der Waals surface area contributed by atoms with E-state index in [0.29, 0.717) is 33.9 Å². The van der Waals surface area contributed by atoms with Gasteiger partial charge in [0.1, 0.15) is 5.92 Å². The van der Waals surface area contributed by atoms with E-state index in [2.05, 4.69) is 5.32 Å². The van der Waals surface area contributed by atoms with E-state index in [0.717, 1.165) is 24.3 Å². The lowest BCUT2D eigenvalue weighted by Crippen LogP contribution is -3.18. The molecule has 1 fully saturated rings. The average Bonchev–Trinajstić information content (AvgIpc) is 2.59. The molecule has 1 heterocycles. The van der Waals surface area contributed by atoms with E-state index in [4.69, 9.17) is 39.5 Å². The molecule has 1 aromatic carbocycles. The van der Waals surface area contributed by atoms with Crippen molar-refractivity contribution in [3.63, 3.8) is 0 Å². The minimum Gasteiger partial charge on any atom is -0.466 e. The minimum absolute atomic E-state index is 0.160. The molecule has 2 N–H and O–H groups in total. The summed E-state index contributed by atoms with van der Waals surface area (Å²) in [6, 6.07) is 2.70. The number of halogens is 3. The largest absolute Gasteiger partial charge is 0.466 e. The molecule has 0 aromatic heterocycles. The van der Waals surface area contributed by atoms with Gasteiger partial charge in [0.2, 0.25) is 0 Å². The van der Waals surface area contributed by atoms with Crippen LogP contribution in [0, 0.1) is 5.92 Å². The Labute approximate surface area is 162 Å². The molecule has 1 saturated heterocycles. The van der Waals surface area contributed by atoms with Crippen molar-refractivity contribution >= 4 is 52.4 Å². The van der Waals surface area contributed by atoms with Crippen molar-refractivity contribution in [1.82, 2.24) is 0 Å². The van der Waals surface area contributed by atoms with Crippen LogP contribution in [0.1, 0.15) is 26.7 Å². The van der Waals surface area contributed by atoms with Gasteiger partial charge in [-0.05, 0) is 38.8 Å². The Morgan fingerprint density at radius 2 is 1.96 bits per heavy atom. The maximum absolute atomic E-state index is 12.6. The number of rotatable bonds is 5. The Hall–Kier alpha value is -1.01. The van der Waals surface area contributed by atoms with Crippen LogP contribution in [0.25, 0.3) is 0 Å². The summed E-state index contributed by atoms with van der Waals surface area (Å²) in [7, 11) is 0. The van der Waals surface area contributed by atoms with E-state index in [9.17, 15) is 9.59 Å². The second kappa shape index (κ2) is 9.08. The van der Waals surface area contributed by atoms with Crippen molar-refractivity contribution < 1.29 is 19.2 Å². The topological polar surface area (TPSA) is 59.8 Å². The molecule has 1 amide bonds. The van der Waals surface area contributed by atoms with Crippen LogP contribution in [0.4, 0.5) is 5.69 Å². The summed E-state index contributed by atoms with van der Waals surface area (Å²) in [5.74, 6) is -0.521. The van der Waals surface area contributed by atoms with Gasteiger partial charge in [-0.3, -0.25) is 9.59 Å². The highest BCUT2D eigenvalue weighted by Gasteiger charge is 2.35. The number of quaternary nitrogens is 1. The van der Waals surface area contributed by atoms with Crippen LogP contribution in [0.3, 0.4) is 0 Å². The summed E-state index contributed by atoms with van der Waals surface area (Å²) in [5, 5.41) is 3.77. The Kier molecular flexibility index (Phi) is 7.37. The van der Waals surface area contributed by atoms with Crippen LogP contribution in [-0.2, 0) is 14.3 Å². The van der Waals surface area contributed by atoms with Gasteiger partial charge >= 0.3 is 5.97 Å². The number of hydrogen-bond acceptors (Lipinski definition) is 3. The first-order valence-corrected chi connectivity index (χ1v) is 9.43. The van der Waals surface area contributed by atoms with Gasteiger partial charge in [-0.1, -0.05) is 34.8 Å². The molecule has 1 unspecified atom stereocenters. The molecule has 138 valence electrons. The highest BCUT2D eigenvalue weighted by atomic mass is 35.5. The number of likely N-dealkylation sites (tertiary alicyclic amines) is 1. The second-order valence-corrected chi connectivity index (χ2v) is 7.38. The van der Waals surface area contributed by atoms with Crippen LogP contribution in [0.2, 0.25) is 15.1 Å². The fourth-order valence-electron chi connectivity index (χ4n) is 3.00. The Bertz CT molecular complexity index is 654. The number of carbonyl (C=O) groups excluding carboxylic acids is 2. The molecule has 0 aliphatic carbocycles. The number of ether oxygens (including phenoxy) is 1. The van der Waals surface area contributed by atoms with Crippen LogP contribution in [0.5, 0.6) is 0 Å². The maximum atomic E-state index is 12.6. The van der Waals surface area contributed by atoms with Crippen LogP contribution >= 0.6 is 34.8 Å². The third kappa shape index (κ3) is 5.23. The summed E-state index contributed by atoms with van der Waals surface area (Å²) in [5.41, 5.74) is 0.422. The second-order valence-electron chi connectivity index (χ2n) is 6.16. The third-order valence-electron chi connectivity index (χ3n) is 4.45. The zero-order chi connectivity index (χ0) is 18.6. The van der Waals surface area contributed by atoms with Gasteiger partial charge < -0.3 is 15.0 Å². The van der Waals surface area contributed by atoms with Crippen molar-refractivity contribution in [2.75, 3.05) is 25.0 Å². The molecule has 1 aliphatic rings. The van der Waals surface area contributed by atoms with E-state index >= 15 is 0 Å². The van der Waals surface area contributed by atoms with E-state index in [1.165, 1.54) is 12.1 Å². The van der Waals surface area contributed by atoms with Gasteiger partial charge in [0, 0.05) is 0 Å². The fourth-order valence-corrected chi connectivity index (χ4v) is 3.59. The lowest BCUT2D eigenvalue weighted by atomic mass is 9.97. The standard InChI is InChI=1S/C17H21Cl3N2O3/c1-3-25-17(24)11-5-4-6-22(9-11)10(2)16(23)21-15-8-13(19)12(18)7-14(15)20/h7-8,10-11H,3-6,9H2,1-2H3,(H,21,23)/p+1/t10-,11+/m1/s1. The smallest absolute Gasteiger partial charge is 0.314 e. The predicted molar refractivity (Wildman–Crippen MR) is 99.6 cm³/mol. The zero-order valence-corrected chi connectivity index (χ0v) is 16.5. The number of hydrogen-bond donors (Lipinski definition) is 2. The monoisotopic (exact) mass is 407 g/mol. The predicted octanol–water partition coefficient (Wildman–Crippen LogP) is 2.83. The Balaban J connectivity index is 2.02. The Morgan fingerprint density at radius 1 is 1.28 bits per heavy atom. The highest BCUT2D eigenvalue weighted by Crippen LogP contribution is 2.32. The highest BCUT2D eigenvalue weighted by molar-refractivity contribution is 6.44. The lowest BCUT2D eigenvalue weighted by molar-refractivity contribution is -0.921. The van der Waals surface area contributed by atoms with Crippen LogP contribution < -0.4 is 10.2 Å². The van der Waals surface area contributed by atoms with Crippen LogP contribution in [0.15, 0.2) is 12.1 Å². The molecule has 25 heavy (non-hydrogen) atoms. The van der Waals surface area contributed by atoms with Crippen molar-refractivity contribution in [1.29, 1.82) is 0 Å². The zero-order valence-electron chi connectivity index (χ0n) is 14.2. The Morgan fingerprint density at radius 3 is 2.64 bits per heavy atom. The van der Waals surface area contributed by atoms with Crippen LogP contribution in [-0.4, -0.2) is 37.6 Å². The van der Waals surface area contributed by atoms with Crippen molar-refractivity contribution in [2.24, 2.45) is 5.92 Å². The normalized spacial score (nSPS) is 21.5. The first kappa shape index (κ1) is 20.3. The summed E-state index contributed by atoms with van der Waals surface area (Å²) >= 11 is 18.0. The third-order valence-corrected chi connectivity index (χ3v) is 5.49. The molecule has 0 bridgehead atoms. The lowest BCUT2D eigenvalue weighted by Gasteiger charge is -2.32. The average molecular weight is 409 g/mol. The quantitative estimate of drug-likeness (QED) is 0.582. The number of carbonyl (C=O) groups is 2. The molecule has 8 heteroatoms. The molecular formula is C17H22Cl3N2O3+. The van der Waals surface area contributed by atoms with Crippen molar-refractivity contribution in [2.45, 2.75) is 32.7 Å². The molecule has 1 aromatic rings. The number of esters is 1. The summed E-state index contributed by atoms with van der Waals surface area (Å²) in [6.45, 7) is 5.42. The summed E-state index contributed by atoms with van der Waals surface area (Å²) < 4.78 is 5.11. The van der Waals surface area contributed by atoms with Gasteiger partial charge in [0.05, 0.1) is 40.5 Å². The first-order valence-electron chi connectivity index (χ1n) is 8.30. The van der Waals surface area contributed by atoms with E-state index in [-0.39, 0.29) is 23.8 Å². The molecule has 2 rings (SSSR count). The maximum Gasteiger partial charge on any atom is 0.314 e. The van der Waals surface area contributed by atoms with Crippen molar-refractivity contribution in [3.05, 3.63) is 27.2 Å². The molecule has 3 atom stereocenters. The number of nitrogens with one attached hydrogen (secondary N) is 2. The molecule has 5 nitrogen and oxygen atoms in total. The summed E-state index contributed by atoms with van der Waals surface area (Å²) in [6.07, 6.45) is 1.68. The first-order chi connectivity index (χ1) is 11.8.